The molecule has 25 heavy (non-hydrogen) atoms. The highest BCUT2D eigenvalue weighted by atomic mass is 35.5. The lowest BCUT2D eigenvalue weighted by Gasteiger charge is -2.39. The number of halogens is 1. The van der Waals surface area contributed by atoms with Crippen molar-refractivity contribution in [3.05, 3.63) is 21.6 Å². The van der Waals surface area contributed by atoms with Gasteiger partial charge in [0.25, 0.3) is 5.56 Å². The van der Waals surface area contributed by atoms with E-state index in [0.717, 1.165) is 6.42 Å². The maximum Gasteiger partial charge on any atom is 0.315 e. The van der Waals surface area contributed by atoms with E-state index in [1.165, 1.54) is 6.20 Å². The predicted molar refractivity (Wildman–Crippen MR) is 97.8 cm³/mol. The minimum absolute atomic E-state index is 0.0382. The van der Waals surface area contributed by atoms with Gasteiger partial charge in [-0.05, 0) is 19.3 Å². The second kappa shape index (κ2) is 7.40. The largest absolute Gasteiger partial charge is 0.367 e. The molecule has 3 rings (SSSR count). The number of nitrogens with one attached hydrogen (secondary N) is 3. The Bertz CT molecular complexity index is 690. The van der Waals surface area contributed by atoms with Crippen molar-refractivity contribution in [2.45, 2.75) is 31.3 Å². The van der Waals surface area contributed by atoms with Crippen LogP contribution in [0.25, 0.3) is 0 Å². The Labute approximate surface area is 151 Å². The molecule has 1 atom stereocenters. The summed E-state index contributed by atoms with van der Waals surface area (Å²) in [6, 6.07) is -0.353. The van der Waals surface area contributed by atoms with Crippen molar-refractivity contribution in [3.63, 3.8) is 0 Å². The Morgan fingerprint density at radius 3 is 2.68 bits per heavy atom. The van der Waals surface area contributed by atoms with E-state index in [0.29, 0.717) is 43.1 Å². The first-order valence-electron chi connectivity index (χ1n) is 8.13. The van der Waals surface area contributed by atoms with Crippen molar-refractivity contribution < 1.29 is 13.9 Å². The first-order chi connectivity index (χ1) is 11.8. The van der Waals surface area contributed by atoms with E-state index in [1.807, 2.05) is 4.90 Å². The lowest BCUT2D eigenvalue weighted by atomic mass is 10.1. The zero-order chi connectivity index (χ0) is 18.0. The van der Waals surface area contributed by atoms with Gasteiger partial charge in [0.05, 0.1) is 11.9 Å². The number of anilines is 1. The van der Waals surface area contributed by atoms with Crippen molar-refractivity contribution >= 4 is 33.9 Å². The lowest BCUT2D eigenvalue weighted by Crippen LogP contribution is -2.48. The molecular weight excluding hydrogens is 370 g/mol. The van der Waals surface area contributed by atoms with E-state index in [2.05, 4.69) is 20.8 Å². The molecule has 2 aliphatic heterocycles. The summed E-state index contributed by atoms with van der Waals surface area (Å²) in [5, 5.41) is 12.0. The number of hydrogen-bond acceptors (Lipinski definition) is 6. The van der Waals surface area contributed by atoms with Crippen molar-refractivity contribution in [2.75, 3.05) is 29.5 Å². The van der Waals surface area contributed by atoms with E-state index in [1.54, 1.807) is 0 Å². The number of rotatable bonds is 3. The number of carbonyl (C=O) groups is 1. The van der Waals surface area contributed by atoms with Crippen LogP contribution in [0, 0.1) is 0 Å². The SMILES string of the molecule is O=C(NC1CCS(O)(O)CC1)NC1CCN(c2cn[nH]c(=O)c2Cl)C1. The molecule has 2 amide bonds. The molecule has 0 spiro atoms. The second-order valence-corrected chi connectivity index (χ2v) is 9.23. The monoisotopic (exact) mass is 391 g/mol. The Morgan fingerprint density at radius 1 is 1.28 bits per heavy atom. The maximum atomic E-state index is 12.1. The smallest absolute Gasteiger partial charge is 0.315 e. The summed E-state index contributed by atoms with van der Waals surface area (Å²) >= 11 is 6.01. The van der Waals surface area contributed by atoms with Gasteiger partial charge < -0.3 is 15.5 Å². The molecule has 0 saturated carbocycles. The molecule has 9 nitrogen and oxygen atoms in total. The lowest BCUT2D eigenvalue weighted by molar-refractivity contribution is 0.232. The van der Waals surface area contributed by atoms with Crippen molar-refractivity contribution in [1.29, 1.82) is 0 Å². The number of carbonyl (C=O) groups excluding carboxylic acids is 1. The Kier molecular flexibility index (Phi) is 5.42. The molecule has 140 valence electrons. The first-order valence-corrected chi connectivity index (χ1v) is 10.4. The van der Waals surface area contributed by atoms with Crippen LogP contribution >= 0.6 is 22.2 Å². The summed E-state index contributed by atoms with van der Waals surface area (Å²) in [4.78, 5) is 25.6. The van der Waals surface area contributed by atoms with E-state index in [9.17, 15) is 18.7 Å². The first kappa shape index (κ1) is 18.3. The summed E-state index contributed by atoms with van der Waals surface area (Å²) < 4.78 is 19.2. The topological polar surface area (TPSA) is 131 Å². The molecule has 0 aliphatic carbocycles. The highest BCUT2D eigenvalue weighted by Crippen LogP contribution is 2.43. The molecular formula is C14H22ClN5O4S. The zero-order valence-corrected chi connectivity index (χ0v) is 15.1. The number of aromatic amines is 1. The molecule has 5 N–H and O–H groups in total. The summed E-state index contributed by atoms with van der Waals surface area (Å²) in [6.45, 7) is 1.21. The van der Waals surface area contributed by atoms with E-state index in [-0.39, 0.29) is 23.1 Å². The number of nitrogens with zero attached hydrogens (tertiary/aromatic N) is 2. The average molecular weight is 392 g/mol. The van der Waals surface area contributed by atoms with Crippen LogP contribution in [0.3, 0.4) is 0 Å². The fraction of sp³-hybridized carbons (Fsp3) is 0.643. The van der Waals surface area contributed by atoms with Gasteiger partial charge in [-0.15, -0.1) is 0 Å². The van der Waals surface area contributed by atoms with Crippen molar-refractivity contribution in [3.8, 4) is 0 Å². The van der Waals surface area contributed by atoms with Crippen LogP contribution in [0.2, 0.25) is 5.02 Å². The minimum Gasteiger partial charge on any atom is -0.367 e. The van der Waals surface area contributed by atoms with Crippen LogP contribution in [0.1, 0.15) is 19.3 Å². The Hall–Kier alpha value is -1.49. The molecule has 2 aliphatic rings. The standard InChI is InChI=1S/C14H22ClN5O4S/c15-12-11(7-16-19-13(12)21)20-4-1-10(8-20)18-14(22)17-9-2-5-25(23,24)6-3-9/h7,9-10,23-24H,1-6,8H2,(H,19,21)(H2,17,18,22). The molecule has 1 unspecified atom stereocenters. The number of aromatic nitrogens is 2. The molecule has 0 radical (unpaired) electrons. The van der Waals surface area contributed by atoms with Gasteiger partial charge in [-0.3, -0.25) is 13.9 Å². The van der Waals surface area contributed by atoms with E-state index >= 15 is 0 Å². The third-order valence-corrected chi connectivity index (χ3v) is 6.71. The van der Waals surface area contributed by atoms with E-state index in [4.69, 9.17) is 11.6 Å². The quantitative estimate of drug-likeness (QED) is 0.526. The zero-order valence-electron chi connectivity index (χ0n) is 13.6. The summed E-state index contributed by atoms with van der Waals surface area (Å²) in [6.07, 6.45) is 3.38. The highest BCUT2D eigenvalue weighted by molar-refractivity contribution is 8.24. The fourth-order valence-corrected chi connectivity index (χ4v) is 4.90. The van der Waals surface area contributed by atoms with Crippen molar-refractivity contribution in [2.24, 2.45) is 0 Å². The highest BCUT2D eigenvalue weighted by Gasteiger charge is 2.28. The van der Waals surface area contributed by atoms with Crippen LogP contribution in [0.5, 0.6) is 0 Å². The van der Waals surface area contributed by atoms with Gasteiger partial charge in [-0.1, -0.05) is 11.6 Å². The molecule has 11 heteroatoms. The van der Waals surface area contributed by atoms with Gasteiger partial charge >= 0.3 is 6.03 Å². The third kappa shape index (κ3) is 4.57. The third-order valence-electron chi connectivity index (χ3n) is 4.56. The molecule has 1 aromatic heterocycles. The van der Waals surface area contributed by atoms with Crippen LogP contribution in [0.4, 0.5) is 10.5 Å². The van der Waals surface area contributed by atoms with Crippen LogP contribution < -0.4 is 21.1 Å². The normalized spacial score (nSPS) is 24.8. The second-order valence-electron chi connectivity index (χ2n) is 6.43. The fourth-order valence-electron chi connectivity index (χ4n) is 3.16. The Balaban J connectivity index is 1.49. The van der Waals surface area contributed by atoms with Crippen LogP contribution in [-0.2, 0) is 0 Å². The molecule has 1 aromatic rings. The van der Waals surface area contributed by atoms with Gasteiger partial charge in [0, 0.05) is 36.7 Å². The summed E-state index contributed by atoms with van der Waals surface area (Å²) in [5.41, 5.74) is 0.129. The van der Waals surface area contributed by atoms with Crippen LogP contribution in [-0.4, -0.2) is 62.0 Å². The number of amides is 2. The predicted octanol–water partition coefficient (Wildman–Crippen LogP) is 1.21. The molecule has 2 saturated heterocycles. The average Bonchev–Trinajstić information content (AvgIpc) is 3.00. The molecule has 3 heterocycles. The summed E-state index contributed by atoms with van der Waals surface area (Å²) in [5.74, 6) is 0.673. The van der Waals surface area contributed by atoms with Gasteiger partial charge in [-0.2, -0.15) is 15.7 Å². The molecule has 2 fully saturated rings. The molecule has 0 aromatic carbocycles. The van der Waals surface area contributed by atoms with Gasteiger partial charge in [0.2, 0.25) is 0 Å². The maximum absolute atomic E-state index is 12.1. The number of urea groups is 1. The Morgan fingerprint density at radius 2 is 1.96 bits per heavy atom. The van der Waals surface area contributed by atoms with Crippen molar-refractivity contribution in [1.82, 2.24) is 20.8 Å². The summed E-state index contributed by atoms with van der Waals surface area (Å²) in [7, 11) is -2.44. The van der Waals surface area contributed by atoms with E-state index < -0.39 is 16.1 Å². The van der Waals surface area contributed by atoms with Gasteiger partial charge in [0.1, 0.15) is 5.02 Å². The van der Waals surface area contributed by atoms with Crippen LogP contribution in [0.15, 0.2) is 11.0 Å². The van der Waals surface area contributed by atoms with Gasteiger partial charge in [0.15, 0.2) is 0 Å². The molecule has 0 bridgehead atoms. The number of H-pyrrole nitrogens is 1. The number of hydrogen-bond donors (Lipinski definition) is 5. The minimum atomic E-state index is -2.44. The van der Waals surface area contributed by atoms with Gasteiger partial charge in [-0.25, -0.2) is 9.89 Å².